The van der Waals surface area contributed by atoms with Gasteiger partial charge in [-0.05, 0) is 12.1 Å². The van der Waals surface area contributed by atoms with Crippen LogP contribution in [0.15, 0.2) is 30.7 Å². The number of anilines is 3. The highest BCUT2D eigenvalue weighted by molar-refractivity contribution is 6.35. The molecular formula is C12H8Cl2FN5. The molecular weight excluding hydrogens is 304 g/mol. The van der Waals surface area contributed by atoms with Crippen molar-refractivity contribution in [2.24, 2.45) is 0 Å². The molecule has 0 amide bonds. The smallest absolute Gasteiger partial charge is 0.180 e. The molecule has 0 spiro atoms. The molecule has 0 aliphatic heterocycles. The number of nitrogens with two attached hydrogens (primary N) is 1. The van der Waals surface area contributed by atoms with E-state index in [2.05, 4.69) is 15.3 Å². The maximum Gasteiger partial charge on any atom is 0.180 e. The van der Waals surface area contributed by atoms with E-state index >= 15 is 0 Å². The highest BCUT2D eigenvalue weighted by Gasteiger charge is 2.11. The second-order valence-corrected chi connectivity index (χ2v) is 4.87. The van der Waals surface area contributed by atoms with E-state index in [0.29, 0.717) is 23.0 Å². The first-order valence-electron chi connectivity index (χ1n) is 5.55. The number of hydrogen-bond donors (Lipinski definition) is 2. The Labute approximate surface area is 123 Å². The lowest BCUT2D eigenvalue weighted by atomic mass is 10.3. The number of nitrogens with one attached hydrogen (secondary N) is 1. The molecule has 0 saturated carbocycles. The number of nitrogens with zero attached hydrogens (tertiary/aromatic N) is 3. The van der Waals surface area contributed by atoms with E-state index in [0.717, 1.165) is 0 Å². The molecule has 0 atom stereocenters. The van der Waals surface area contributed by atoms with Crippen molar-refractivity contribution in [3.8, 4) is 0 Å². The largest absolute Gasteiger partial charge is 0.382 e. The first kappa shape index (κ1) is 13.0. The van der Waals surface area contributed by atoms with Gasteiger partial charge in [0, 0.05) is 18.1 Å². The zero-order valence-electron chi connectivity index (χ0n) is 9.94. The lowest BCUT2D eigenvalue weighted by molar-refractivity contribution is 0.629. The van der Waals surface area contributed by atoms with E-state index in [1.165, 1.54) is 12.1 Å². The number of rotatable bonds is 2. The Bertz CT molecular complexity index is 779. The summed E-state index contributed by atoms with van der Waals surface area (Å²) < 4.78 is 15.1. The molecule has 20 heavy (non-hydrogen) atoms. The molecule has 0 bridgehead atoms. The molecule has 5 nitrogen and oxygen atoms in total. The lowest BCUT2D eigenvalue weighted by Crippen LogP contribution is -2.02. The van der Waals surface area contributed by atoms with Gasteiger partial charge >= 0.3 is 0 Å². The van der Waals surface area contributed by atoms with E-state index in [4.69, 9.17) is 28.9 Å². The molecule has 0 fully saturated rings. The van der Waals surface area contributed by atoms with E-state index in [-0.39, 0.29) is 10.0 Å². The van der Waals surface area contributed by atoms with Crippen LogP contribution < -0.4 is 11.1 Å². The molecule has 0 unspecified atom stereocenters. The number of halogens is 3. The van der Waals surface area contributed by atoms with Gasteiger partial charge in [-0.3, -0.25) is 0 Å². The van der Waals surface area contributed by atoms with Crippen LogP contribution in [0.5, 0.6) is 0 Å². The number of fused-ring (bicyclic) bond motifs is 1. The van der Waals surface area contributed by atoms with Crippen LogP contribution in [0.25, 0.3) is 5.65 Å². The summed E-state index contributed by atoms with van der Waals surface area (Å²) in [6, 6.07) is 2.82. The van der Waals surface area contributed by atoms with Crippen molar-refractivity contribution in [2.75, 3.05) is 11.1 Å². The molecule has 2 aromatic heterocycles. The minimum absolute atomic E-state index is 0.0803. The summed E-state index contributed by atoms with van der Waals surface area (Å²) in [6.45, 7) is 0. The second kappa shape index (κ2) is 4.81. The molecule has 3 N–H and O–H groups in total. The van der Waals surface area contributed by atoms with Gasteiger partial charge in [-0.15, -0.1) is 0 Å². The number of aromatic nitrogens is 3. The highest BCUT2D eigenvalue weighted by atomic mass is 35.5. The molecule has 0 radical (unpaired) electrons. The first-order chi connectivity index (χ1) is 9.54. The molecule has 0 aliphatic carbocycles. The standard InChI is InChI=1S/C12H8Cl2FN5/c13-7-3-6(4-8(14)10(7)15)18-11-12-17-1-2-20(12)5-9(16)19-11/h1-5H,16H2,(H,18,19). The van der Waals surface area contributed by atoms with Gasteiger partial charge < -0.3 is 15.5 Å². The zero-order valence-corrected chi connectivity index (χ0v) is 11.5. The van der Waals surface area contributed by atoms with Gasteiger partial charge in [-0.2, -0.15) is 0 Å². The van der Waals surface area contributed by atoms with Crippen molar-refractivity contribution in [3.05, 3.63) is 46.6 Å². The van der Waals surface area contributed by atoms with Crippen molar-refractivity contribution in [1.29, 1.82) is 0 Å². The van der Waals surface area contributed by atoms with Crippen LogP contribution in [0, 0.1) is 5.82 Å². The Kier molecular flexibility index (Phi) is 3.11. The molecule has 0 aliphatic rings. The molecule has 3 rings (SSSR count). The fourth-order valence-electron chi connectivity index (χ4n) is 1.80. The van der Waals surface area contributed by atoms with Crippen molar-refractivity contribution < 1.29 is 4.39 Å². The maximum absolute atomic E-state index is 13.4. The summed E-state index contributed by atoms with van der Waals surface area (Å²) in [5.74, 6) is 0.0800. The van der Waals surface area contributed by atoms with Crippen molar-refractivity contribution >= 4 is 46.2 Å². The van der Waals surface area contributed by atoms with E-state index in [1.807, 2.05) is 0 Å². The maximum atomic E-state index is 13.4. The number of imidazole rings is 1. The van der Waals surface area contributed by atoms with Crippen molar-refractivity contribution in [2.45, 2.75) is 0 Å². The Morgan fingerprint density at radius 3 is 2.65 bits per heavy atom. The predicted molar refractivity (Wildman–Crippen MR) is 77.1 cm³/mol. The summed E-state index contributed by atoms with van der Waals surface area (Å²) in [7, 11) is 0. The molecule has 8 heteroatoms. The number of benzene rings is 1. The average Bonchev–Trinajstić information content (AvgIpc) is 2.84. The average molecular weight is 312 g/mol. The Morgan fingerprint density at radius 2 is 1.95 bits per heavy atom. The van der Waals surface area contributed by atoms with Gasteiger partial charge in [-0.25, -0.2) is 14.4 Å². The normalized spacial score (nSPS) is 10.9. The van der Waals surface area contributed by atoms with Gasteiger partial charge in [0.15, 0.2) is 17.3 Å². The summed E-state index contributed by atoms with van der Waals surface area (Å²) in [6.07, 6.45) is 4.99. The second-order valence-electron chi connectivity index (χ2n) is 4.05. The van der Waals surface area contributed by atoms with Crippen LogP contribution in [0.1, 0.15) is 0 Å². The summed E-state index contributed by atoms with van der Waals surface area (Å²) in [5, 5.41) is 2.81. The van der Waals surface area contributed by atoms with Crippen molar-refractivity contribution in [3.63, 3.8) is 0 Å². The van der Waals surface area contributed by atoms with Crippen LogP contribution >= 0.6 is 23.2 Å². The minimum atomic E-state index is -0.662. The molecule has 102 valence electrons. The minimum Gasteiger partial charge on any atom is -0.382 e. The monoisotopic (exact) mass is 311 g/mol. The van der Waals surface area contributed by atoms with Crippen LogP contribution in [0.3, 0.4) is 0 Å². The summed E-state index contributed by atoms with van der Waals surface area (Å²) in [5.41, 5.74) is 6.78. The molecule has 2 heterocycles. The van der Waals surface area contributed by atoms with Gasteiger partial charge in [0.1, 0.15) is 5.82 Å². The quantitative estimate of drug-likeness (QED) is 0.711. The molecule has 0 saturated heterocycles. The molecule has 3 aromatic rings. The van der Waals surface area contributed by atoms with E-state index in [1.54, 1.807) is 23.0 Å². The SMILES string of the molecule is Nc1cn2ccnc2c(Nc2cc(Cl)c(F)c(Cl)c2)n1. The van der Waals surface area contributed by atoms with Crippen LogP contribution in [-0.2, 0) is 0 Å². The zero-order chi connectivity index (χ0) is 14.3. The fourth-order valence-corrected chi connectivity index (χ4v) is 2.29. The third-order valence-electron chi connectivity index (χ3n) is 2.64. The van der Waals surface area contributed by atoms with Gasteiger partial charge in [0.25, 0.3) is 0 Å². The molecule has 1 aromatic carbocycles. The van der Waals surface area contributed by atoms with Gasteiger partial charge in [0.05, 0.1) is 16.2 Å². The predicted octanol–water partition coefficient (Wildman–Crippen LogP) is 3.50. The summed E-state index contributed by atoms with van der Waals surface area (Å²) >= 11 is 11.5. The van der Waals surface area contributed by atoms with Gasteiger partial charge in [0.2, 0.25) is 0 Å². The van der Waals surface area contributed by atoms with E-state index < -0.39 is 5.82 Å². The topological polar surface area (TPSA) is 68.2 Å². The Morgan fingerprint density at radius 1 is 1.25 bits per heavy atom. The third-order valence-corrected chi connectivity index (χ3v) is 3.19. The summed E-state index contributed by atoms with van der Waals surface area (Å²) in [4.78, 5) is 8.31. The van der Waals surface area contributed by atoms with Crippen LogP contribution in [0.4, 0.5) is 21.7 Å². The number of nitrogen functional groups attached to an aromatic ring is 1. The first-order valence-corrected chi connectivity index (χ1v) is 6.31. The Balaban J connectivity index is 2.07. The Hall–Kier alpha value is -2.05. The van der Waals surface area contributed by atoms with E-state index in [9.17, 15) is 4.39 Å². The number of hydrogen-bond acceptors (Lipinski definition) is 4. The fraction of sp³-hybridized carbons (Fsp3) is 0. The highest BCUT2D eigenvalue weighted by Crippen LogP contribution is 2.29. The van der Waals surface area contributed by atoms with Gasteiger partial charge in [-0.1, -0.05) is 23.2 Å². The van der Waals surface area contributed by atoms with Crippen molar-refractivity contribution in [1.82, 2.24) is 14.4 Å². The van der Waals surface area contributed by atoms with Crippen LogP contribution in [0.2, 0.25) is 10.0 Å². The van der Waals surface area contributed by atoms with Crippen LogP contribution in [-0.4, -0.2) is 14.4 Å². The third kappa shape index (κ3) is 2.23. The lowest BCUT2D eigenvalue weighted by Gasteiger charge is -2.09.